The number of rotatable bonds is 7. The maximum Gasteiger partial charge on any atom is 0.0438 e. The SMILES string of the molecule is CCCCCC(Cc1ccccc1Cl)NC. The zero-order chi connectivity index (χ0) is 11.8. The Kier molecular flexibility index (Phi) is 6.51. The molecule has 1 aromatic rings. The number of hydrogen-bond acceptors (Lipinski definition) is 1. The third-order valence-corrected chi connectivity index (χ3v) is 3.36. The van der Waals surface area contributed by atoms with Gasteiger partial charge in [-0.15, -0.1) is 0 Å². The van der Waals surface area contributed by atoms with E-state index in [9.17, 15) is 0 Å². The molecule has 0 aliphatic carbocycles. The molecule has 0 bridgehead atoms. The molecule has 0 aliphatic heterocycles. The van der Waals surface area contributed by atoms with E-state index in [1.165, 1.54) is 31.2 Å². The summed E-state index contributed by atoms with van der Waals surface area (Å²) in [5.41, 5.74) is 1.25. The van der Waals surface area contributed by atoms with Crippen LogP contribution in [0.25, 0.3) is 0 Å². The number of benzene rings is 1. The van der Waals surface area contributed by atoms with Gasteiger partial charge in [-0.25, -0.2) is 0 Å². The molecule has 0 saturated heterocycles. The molecule has 1 unspecified atom stereocenters. The fraction of sp³-hybridized carbons (Fsp3) is 0.571. The van der Waals surface area contributed by atoms with Crippen LogP contribution >= 0.6 is 11.6 Å². The lowest BCUT2D eigenvalue weighted by atomic mass is 10.0. The van der Waals surface area contributed by atoms with E-state index in [4.69, 9.17) is 11.6 Å². The van der Waals surface area contributed by atoms with Crippen LogP contribution in [0.2, 0.25) is 5.02 Å². The molecule has 16 heavy (non-hydrogen) atoms. The highest BCUT2D eigenvalue weighted by Crippen LogP contribution is 2.18. The van der Waals surface area contributed by atoms with E-state index >= 15 is 0 Å². The van der Waals surface area contributed by atoms with Crippen molar-refractivity contribution in [3.63, 3.8) is 0 Å². The van der Waals surface area contributed by atoms with Crippen LogP contribution in [0.5, 0.6) is 0 Å². The first-order chi connectivity index (χ1) is 7.77. The van der Waals surface area contributed by atoms with Crippen LogP contribution in [0, 0.1) is 0 Å². The highest BCUT2D eigenvalue weighted by molar-refractivity contribution is 6.31. The van der Waals surface area contributed by atoms with Gasteiger partial charge in [-0.2, -0.15) is 0 Å². The minimum absolute atomic E-state index is 0.548. The molecule has 0 spiro atoms. The first kappa shape index (κ1) is 13.5. The molecule has 1 nitrogen and oxygen atoms in total. The van der Waals surface area contributed by atoms with Gasteiger partial charge in [0.15, 0.2) is 0 Å². The van der Waals surface area contributed by atoms with Crippen molar-refractivity contribution < 1.29 is 0 Å². The Morgan fingerprint density at radius 1 is 1.25 bits per heavy atom. The van der Waals surface area contributed by atoms with E-state index in [2.05, 4.69) is 24.4 Å². The number of likely N-dealkylation sites (N-methyl/N-ethyl adjacent to an activating group) is 1. The highest BCUT2D eigenvalue weighted by Gasteiger charge is 2.08. The molecule has 0 aromatic heterocycles. The lowest BCUT2D eigenvalue weighted by Gasteiger charge is -2.16. The van der Waals surface area contributed by atoms with E-state index in [1.54, 1.807) is 0 Å². The molecule has 1 atom stereocenters. The second kappa shape index (κ2) is 7.70. The molecule has 2 heteroatoms. The minimum Gasteiger partial charge on any atom is -0.317 e. The standard InChI is InChI=1S/C14H22ClN/c1-3-4-5-9-13(16-2)11-12-8-6-7-10-14(12)15/h6-8,10,13,16H,3-5,9,11H2,1-2H3. The van der Waals surface area contributed by atoms with Crippen molar-refractivity contribution in [2.45, 2.75) is 45.1 Å². The summed E-state index contributed by atoms with van der Waals surface area (Å²) in [6, 6.07) is 8.67. The van der Waals surface area contributed by atoms with Crippen molar-refractivity contribution in [3.8, 4) is 0 Å². The fourth-order valence-electron chi connectivity index (χ4n) is 1.92. The van der Waals surface area contributed by atoms with Gasteiger partial charge in [0, 0.05) is 11.1 Å². The van der Waals surface area contributed by atoms with Crippen molar-refractivity contribution in [2.24, 2.45) is 0 Å². The first-order valence-electron chi connectivity index (χ1n) is 6.18. The molecule has 0 fully saturated rings. The van der Waals surface area contributed by atoms with Crippen LogP contribution < -0.4 is 5.32 Å². The van der Waals surface area contributed by atoms with Crippen molar-refractivity contribution in [2.75, 3.05) is 7.05 Å². The smallest absolute Gasteiger partial charge is 0.0438 e. The van der Waals surface area contributed by atoms with E-state index in [-0.39, 0.29) is 0 Å². The number of unbranched alkanes of at least 4 members (excludes halogenated alkanes) is 2. The third-order valence-electron chi connectivity index (χ3n) is 2.99. The molecular formula is C14H22ClN. The molecular weight excluding hydrogens is 218 g/mol. The summed E-state index contributed by atoms with van der Waals surface area (Å²) in [6.07, 6.45) is 6.16. The molecule has 1 N–H and O–H groups in total. The zero-order valence-electron chi connectivity index (χ0n) is 10.3. The number of hydrogen-bond donors (Lipinski definition) is 1. The normalized spacial score (nSPS) is 12.7. The van der Waals surface area contributed by atoms with Gasteiger partial charge >= 0.3 is 0 Å². The fourth-order valence-corrected chi connectivity index (χ4v) is 2.13. The molecule has 1 aromatic carbocycles. The summed E-state index contributed by atoms with van der Waals surface area (Å²) in [5.74, 6) is 0. The molecule has 1 rings (SSSR count). The largest absolute Gasteiger partial charge is 0.317 e. The zero-order valence-corrected chi connectivity index (χ0v) is 11.1. The maximum atomic E-state index is 6.16. The average molecular weight is 240 g/mol. The van der Waals surface area contributed by atoms with Crippen molar-refractivity contribution in [3.05, 3.63) is 34.9 Å². The monoisotopic (exact) mass is 239 g/mol. The summed E-state index contributed by atoms with van der Waals surface area (Å²) in [7, 11) is 2.04. The van der Waals surface area contributed by atoms with Crippen LogP contribution in [0.1, 0.15) is 38.2 Å². The summed E-state index contributed by atoms with van der Waals surface area (Å²) in [5, 5.41) is 4.27. The summed E-state index contributed by atoms with van der Waals surface area (Å²) < 4.78 is 0. The van der Waals surface area contributed by atoms with Crippen molar-refractivity contribution >= 4 is 11.6 Å². The van der Waals surface area contributed by atoms with Crippen LogP contribution in [0.3, 0.4) is 0 Å². The lowest BCUT2D eigenvalue weighted by molar-refractivity contribution is 0.490. The molecule has 0 amide bonds. The second-order valence-electron chi connectivity index (χ2n) is 4.28. The van der Waals surface area contributed by atoms with E-state index < -0.39 is 0 Å². The van der Waals surface area contributed by atoms with Crippen LogP contribution in [0.15, 0.2) is 24.3 Å². The van der Waals surface area contributed by atoms with Gasteiger partial charge in [0.25, 0.3) is 0 Å². The Bertz CT molecular complexity index is 299. The van der Waals surface area contributed by atoms with Crippen molar-refractivity contribution in [1.29, 1.82) is 0 Å². The van der Waals surface area contributed by atoms with Gasteiger partial charge in [-0.05, 0) is 31.5 Å². The Morgan fingerprint density at radius 2 is 2.00 bits per heavy atom. The van der Waals surface area contributed by atoms with Gasteiger partial charge < -0.3 is 5.32 Å². The maximum absolute atomic E-state index is 6.16. The molecule has 0 saturated carbocycles. The molecule has 0 heterocycles. The Balaban J connectivity index is 2.46. The van der Waals surface area contributed by atoms with Gasteiger partial charge in [0.1, 0.15) is 0 Å². The molecule has 0 radical (unpaired) electrons. The predicted octanol–water partition coefficient (Wildman–Crippen LogP) is 4.05. The highest BCUT2D eigenvalue weighted by atomic mass is 35.5. The van der Waals surface area contributed by atoms with E-state index in [0.29, 0.717) is 6.04 Å². The average Bonchev–Trinajstić information content (AvgIpc) is 2.30. The Morgan fingerprint density at radius 3 is 2.62 bits per heavy atom. The Hall–Kier alpha value is -0.530. The molecule has 0 aliphatic rings. The van der Waals surface area contributed by atoms with Crippen LogP contribution in [0.4, 0.5) is 0 Å². The topological polar surface area (TPSA) is 12.0 Å². The quantitative estimate of drug-likeness (QED) is 0.708. The summed E-state index contributed by atoms with van der Waals surface area (Å²) in [4.78, 5) is 0. The van der Waals surface area contributed by atoms with E-state index in [0.717, 1.165) is 11.4 Å². The van der Waals surface area contributed by atoms with Gasteiger partial charge in [0.2, 0.25) is 0 Å². The minimum atomic E-state index is 0.548. The van der Waals surface area contributed by atoms with Crippen molar-refractivity contribution in [1.82, 2.24) is 5.32 Å². The van der Waals surface area contributed by atoms with Gasteiger partial charge in [0.05, 0.1) is 0 Å². The predicted molar refractivity (Wildman–Crippen MR) is 72.1 cm³/mol. The molecule has 90 valence electrons. The van der Waals surface area contributed by atoms with Gasteiger partial charge in [-0.1, -0.05) is 56.0 Å². The van der Waals surface area contributed by atoms with E-state index in [1.807, 2.05) is 19.2 Å². The number of halogens is 1. The lowest BCUT2D eigenvalue weighted by Crippen LogP contribution is -2.27. The first-order valence-corrected chi connectivity index (χ1v) is 6.56. The third kappa shape index (κ3) is 4.54. The van der Waals surface area contributed by atoms with Crippen LogP contribution in [-0.4, -0.2) is 13.1 Å². The Labute approximate surface area is 104 Å². The second-order valence-corrected chi connectivity index (χ2v) is 4.68. The van der Waals surface area contributed by atoms with Gasteiger partial charge in [-0.3, -0.25) is 0 Å². The summed E-state index contributed by atoms with van der Waals surface area (Å²) in [6.45, 7) is 2.24. The number of nitrogens with one attached hydrogen (secondary N) is 1. The summed E-state index contributed by atoms with van der Waals surface area (Å²) >= 11 is 6.16. The van der Waals surface area contributed by atoms with Crippen LogP contribution in [-0.2, 0) is 6.42 Å².